The Kier molecular flexibility index (Phi) is 8.54. The lowest BCUT2D eigenvalue weighted by atomic mass is 9.87. The highest BCUT2D eigenvalue weighted by atomic mass is 127. The summed E-state index contributed by atoms with van der Waals surface area (Å²) in [5.74, 6) is 0.962. The maximum absolute atomic E-state index is 12.6. The van der Waals surface area contributed by atoms with E-state index in [1.54, 1.807) is 12.1 Å². The second-order valence-corrected chi connectivity index (χ2v) is 7.69. The summed E-state index contributed by atoms with van der Waals surface area (Å²) >= 11 is 3.38. The maximum atomic E-state index is 12.6. The van der Waals surface area contributed by atoms with Gasteiger partial charge in [0, 0.05) is 41.7 Å². The first-order chi connectivity index (χ1) is 12.5. The molecule has 9 heteroatoms. The van der Waals surface area contributed by atoms with Crippen molar-refractivity contribution >= 4 is 45.9 Å². The lowest BCUT2D eigenvalue weighted by Gasteiger charge is -2.25. The fourth-order valence-corrected chi connectivity index (χ4v) is 3.96. The van der Waals surface area contributed by atoms with Crippen molar-refractivity contribution < 1.29 is 18.3 Å². The Morgan fingerprint density at radius 3 is 2.93 bits per heavy atom. The van der Waals surface area contributed by atoms with E-state index in [0.717, 1.165) is 56.1 Å². The van der Waals surface area contributed by atoms with Gasteiger partial charge in [0.15, 0.2) is 5.96 Å². The van der Waals surface area contributed by atoms with Crippen LogP contribution in [0, 0.1) is 5.41 Å². The number of nitrogens with one attached hydrogen (secondary N) is 1. The number of benzene rings is 1. The molecule has 2 aliphatic rings. The molecule has 2 fully saturated rings. The minimum absolute atomic E-state index is 0. The summed E-state index contributed by atoms with van der Waals surface area (Å²) in [6.07, 6.45) is 2.18. The molecule has 1 N–H and O–H groups in total. The van der Waals surface area contributed by atoms with E-state index < -0.39 is 6.61 Å². The number of ether oxygens (including phenoxy) is 2. The number of guanidine groups is 1. The van der Waals surface area contributed by atoms with Crippen LogP contribution in [0.5, 0.6) is 5.75 Å². The van der Waals surface area contributed by atoms with E-state index in [1.807, 2.05) is 6.92 Å². The van der Waals surface area contributed by atoms with E-state index in [9.17, 15) is 8.78 Å². The van der Waals surface area contributed by atoms with E-state index in [1.165, 1.54) is 6.07 Å². The summed E-state index contributed by atoms with van der Waals surface area (Å²) in [6, 6.07) is 4.98. The van der Waals surface area contributed by atoms with Crippen molar-refractivity contribution in [1.29, 1.82) is 0 Å². The van der Waals surface area contributed by atoms with E-state index in [4.69, 9.17) is 4.74 Å². The lowest BCUT2D eigenvalue weighted by Crippen LogP contribution is -2.41. The van der Waals surface area contributed by atoms with Gasteiger partial charge < -0.3 is 19.7 Å². The number of likely N-dealkylation sites (tertiary alicyclic amines) is 1. The number of halogens is 4. The van der Waals surface area contributed by atoms with Gasteiger partial charge in [-0.15, -0.1) is 24.0 Å². The van der Waals surface area contributed by atoms with Gasteiger partial charge in [-0.2, -0.15) is 8.78 Å². The van der Waals surface area contributed by atoms with Crippen molar-refractivity contribution in [3.05, 3.63) is 28.2 Å². The highest BCUT2D eigenvalue weighted by Crippen LogP contribution is 2.38. The SMILES string of the molecule is CCNC(=NCc1cc(Br)ccc1OC(F)F)N1CCC2(CCOC2)C1.I. The first-order valence-corrected chi connectivity index (χ1v) is 9.65. The van der Waals surface area contributed by atoms with Crippen LogP contribution in [0.1, 0.15) is 25.3 Å². The van der Waals surface area contributed by atoms with Gasteiger partial charge in [0.2, 0.25) is 0 Å². The Labute approximate surface area is 184 Å². The summed E-state index contributed by atoms with van der Waals surface area (Å²) in [7, 11) is 0. The van der Waals surface area contributed by atoms with Crippen LogP contribution in [0.2, 0.25) is 0 Å². The molecule has 0 radical (unpaired) electrons. The minimum atomic E-state index is -2.85. The standard InChI is InChI=1S/C18H24BrF2N3O2.HI/c1-2-22-17(24-7-5-18(11-24)6-8-25-12-18)23-10-13-9-14(19)3-4-15(13)26-16(20)21;/h3-4,9,16H,2,5-8,10-12H2,1H3,(H,22,23);1H. The van der Waals surface area contributed by atoms with Gasteiger partial charge in [-0.25, -0.2) is 4.99 Å². The van der Waals surface area contributed by atoms with Crippen LogP contribution in [0.25, 0.3) is 0 Å². The number of aliphatic imine (C=N–C) groups is 1. The quantitative estimate of drug-likeness (QED) is 0.333. The molecule has 1 atom stereocenters. The largest absolute Gasteiger partial charge is 0.434 e. The molecule has 1 aromatic rings. The molecule has 0 aliphatic carbocycles. The Morgan fingerprint density at radius 1 is 1.44 bits per heavy atom. The average molecular weight is 560 g/mol. The number of rotatable bonds is 5. The Bertz CT molecular complexity index is 657. The maximum Gasteiger partial charge on any atom is 0.387 e. The molecule has 2 saturated heterocycles. The molecule has 0 aromatic heterocycles. The van der Waals surface area contributed by atoms with Crippen LogP contribution in [-0.2, 0) is 11.3 Å². The molecule has 0 saturated carbocycles. The second kappa shape index (κ2) is 10.2. The van der Waals surface area contributed by atoms with Gasteiger partial charge in [-0.05, 0) is 38.0 Å². The lowest BCUT2D eigenvalue weighted by molar-refractivity contribution is -0.0504. The zero-order valence-electron chi connectivity index (χ0n) is 15.2. The third kappa shape index (κ3) is 5.90. The first kappa shape index (κ1) is 22.6. The van der Waals surface area contributed by atoms with Crippen LogP contribution >= 0.6 is 39.9 Å². The molecule has 152 valence electrons. The van der Waals surface area contributed by atoms with E-state index >= 15 is 0 Å². The molecule has 2 aliphatic heterocycles. The monoisotopic (exact) mass is 559 g/mol. The molecule has 0 amide bonds. The molecule has 27 heavy (non-hydrogen) atoms. The first-order valence-electron chi connectivity index (χ1n) is 8.85. The Balaban J connectivity index is 0.00000261. The van der Waals surface area contributed by atoms with E-state index in [-0.39, 0.29) is 41.7 Å². The summed E-state index contributed by atoms with van der Waals surface area (Å²) in [5, 5.41) is 3.31. The molecular weight excluding hydrogens is 535 g/mol. The molecule has 2 heterocycles. The van der Waals surface area contributed by atoms with E-state index in [2.05, 4.69) is 35.9 Å². The minimum Gasteiger partial charge on any atom is -0.434 e. The van der Waals surface area contributed by atoms with Crippen molar-refractivity contribution in [3.8, 4) is 5.75 Å². The van der Waals surface area contributed by atoms with Crippen LogP contribution in [0.15, 0.2) is 27.7 Å². The van der Waals surface area contributed by atoms with Gasteiger partial charge in [0.05, 0.1) is 13.2 Å². The normalized spacial score (nSPS) is 22.4. The zero-order chi connectivity index (χ0) is 18.6. The van der Waals surface area contributed by atoms with E-state index in [0.29, 0.717) is 5.56 Å². The number of alkyl halides is 2. The van der Waals surface area contributed by atoms with Crippen molar-refractivity contribution in [2.45, 2.75) is 32.9 Å². The highest BCUT2D eigenvalue weighted by molar-refractivity contribution is 14.0. The van der Waals surface area contributed by atoms with Crippen LogP contribution in [0.4, 0.5) is 8.78 Å². The van der Waals surface area contributed by atoms with Gasteiger partial charge >= 0.3 is 6.61 Å². The molecule has 3 rings (SSSR count). The zero-order valence-corrected chi connectivity index (χ0v) is 19.1. The smallest absolute Gasteiger partial charge is 0.387 e. The molecule has 1 aromatic carbocycles. The highest BCUT2D eigenvalue weighted by Gasteiger charge is 2.42. The summed E-state index contributed by atoms with van der Waals surface area (Å²) < 4.78 is 36.3. The predicted octanol–water partition coefficient (Wildman–Crippen LogP) is 4.25. The van der Waals surface area contributed by atoms with Crippen LogP contribution in [-0.4, -0.2) is 50.3 Å². The Morgan fingerprint density at radius 2 is 2.26 bits per heavy atom. The second-order valence-electron chi connectivity index (χ2n) is 6.77. The summed E-state index contributed by atoms with van der Waals surface area (Å²) in [6.45, 7) is 3.65. The third-order valence-electron chi connectivity index (χ3n) is 4.90. The van der Waals surface area contributed by atoms with Crippen molar-refractivity contribution in [2.75, 3.05) is 32.8 Å². The molecule has 1 spiro atoms. The number of hydrogen-bond acceptors (Lipinski definition) is 3. The molecule has 5 nitrogen and oxygen atoms in total. The average Bonchev–Trinajstić information content (AvgIpc) is 3.23. The Hall–Kier alpha value is -0.680. The van der Waals surface area contributed by atoms with Crippen molar-refractivity contribution in [1.82, 2.24) is 10.2 Å². The molecular formula is C18H25BrF2IN3O2. The third-order valence-corrected chi connectivity index (χ3v) is 5.39. The van der Waals surface area contributed by atoms with Gasteiger partial charge in [-0.3, -0.25) is 0 Å². The topological polar surface area (TPSA) is 46.1 Å². The van der Waals surface area contributed by atoms with Crippen molar-refractivity contribution in [2.24, 2.45) is 10.4 Å². The van der Waals surface area contributed by atoms with Gasteiger partial charge in [-0.1, -0.05) is 15.9 Å². The van der Waals surface area contributed by atoms with Crippen LogP contribution in [0.3, 0.4) is 0 Å². The fourth-order valence-electron chi connectivity index (χ4n) is 3.56. The number of nitrogens with zero attached hydrogens (tertiary/aromatic N) is 2. The summed E-state index contributed by atoms with van der Waals surface area (Å²) in [4.78, 5) is 6.91. The molecule has 0 bridgehead atoms. The summed E-state index contributed by atoms with van der Waals surface area (Å²) in [5.41, 5.74) is 0.851. The van der Waals surface area contributed by atoms with Crippen LogP contribution < -0.4 is 10.1 Å². The fraction of sp³-hybridized carbons (Fsp3) is 0.611. The van der Waals surface area contributed by atoms with Gasteiger partial charge in [0.25, 0.3) is 0 Å². The predicted molar refractivity (Wildman–Crippen MR) is 115 cm³/mol. The number of hydrogen-bond donors (Lipinski definition) is 1. The van der Waals surface area contributed by atoms with Gasteiger partial charge in [0.1, 0.15) is 5.75 Å². The molecule has 1 unspecified atom stereocenters. The van der Waals surface area contributed by atoms with Crippen molar-refractivity contribution in [3.63, 3.8) is 0 Å².